The minimum atomic E-state index is 0.388. The molecule has 2 heterocycles. The Labute approximate surface area is 119 Å². The first-order valence-corrected chi connectivity index (χ1v) is 7.67. The molecule has 2 fully saturated rings. The quantitative estimate of drug-likeness (QED) is 0.864. The van der Waals surface area contributed by atoms with Gasteiger partial charge < -0.3 is 10.6 Å². The average Bonchev–Trinajstić information content (AvgIpc) is 2.92. The lowest BCUT2D eigenvalue weighted by Crippen LogP contribution is -2.38. The Morgan fingerprint density at radius 3 is 2.85 bits per heavy atom. The number of fused-ring (bicyclic) bond motifs is 2. The second-order valence-corrected chi connectivity index (χ2v) is 6.29. The van der Waals surface area contributed by atoms with Gasteiger partial charge in [-0.15, -0.1) is 0 Å². The molecule has 0 bridgehead atoms. The van der Waals surface area contributed by atoms with E-state index in [9.17, 15) is 0 Å². The van der Waals surface area contributed by atoms with Crippen LogP contribution in [0.25, 0.3) is 10.9 Å². The number of rotatable bonds is 1. The summed E-state index contributed by atoms with van der Waals surface area (Å²) in [7, 11) is 0. The molecule has 1 aromatic carbocycles. The molecule has 2 N–H and O–H groups in total. The van der Waals surface area contributed by atoms with Gasteiger partial charge in [-0.2, -0.15) is 0 Å². The summed E-state index contributed by atoms with van der Waals surface area (Å²) in [6.07, 6.45) is 3.82. The van der Waals surface area contributed by atoms with Gasteiger partial charge in [-0.05, 0) is 42.9 Å². The second kappa shape index (κ2) is 4.74. The molecule has 1 aromatic heterocycles. The standard InChI is InChI=1S/C17H21N3/c18-15-6-3-5-13-10-20(11-14(13)15)17-9-8-12-4-1-2-7-16(12)19-17/h1-2,4,7-9,13-15H,3,5-6,10-11,18H2. The van der Waals surface area contributed by atoms with Crippen LogP contribution in [-0.4, -0.2) is 24.1 Å². The van der Waals surface area contributed by atoms with Gasteiger partial charge in [-0.25, -0.2) is 4.98 Å². The highest BCUT2D eigenvalue weighted by molar-refractivity contribution is 5.80. The van der Waals surface area contributed by atoms with Crippen LogP contribution < -0.4 is 10.6 Å². The lowest BCUT2D eigenvalue weighted by Gasteiger charge is -2.29. The first-order chi connectivity index (χ1) is 9.81. The third kappa shape index (κ3) is 1.97. The van der Waals surface area contributed by atoms with E-state index in [0.717, 1.165) is 30.3 Å². The number of aromatic nitrogens is 1. The Morgan fingerprint density at radius 2 is 1.95 bits per heavy atom. The van der Waals surface area contributed by atoms with Crippen LogP contribution in [0.4, 0.5) is 5.82 Å². The number of hydrogen-bond acceptors (Lipinski definition) is 3. The van der Waals surface area contributed by atoms with Gasteiger partial charge in [0, 0.05) is 24.5 Å². The lowest BCUT2D eigenvalue weighted by atomic mass is 9.78. The molecule has 3 atom stereocenters. The van der Waals surface area contributed by atoms with E-state index in [1.54, 1.807) is 0 Å². The highest BCUT2D eigenvalue weighted by atomic mass is 15.2. The van der Waals surface area contributed by atoms with Gasteiger partial charge in [0.05, 0.1) is 5.52 Å². The van der Waals surface area contributed by atoms with Crippen molar-refractivity contribution < 1.29 is 0 Å². The molecule has 0 radical (unpaired) electrons. The Kier molecular flexibility index (Phi) is 2.88. The summed E-state index contributed by atoms with van der Waals surface area (Å²) < 4.78 is 0. The zero-order valence-corrected chi connectivity index (χ0v) is 11.7. The van der Waals surface area contributed by atoms with Crippen molar-refractivity contribution in [3.63, 3.8) is 0 Å². The van der Waals surface area contributed by atoms with Gasteiger partial charge in [-0.3, -0.25) is 0 Å². The van der Waals surface area contributed by atoms with E-state index in [4.69, 9.17) is 10.7 Å². The molecule has 0 amide bonds. The smallest absolute Gasteiger partial charge is 0.129 e. The lowest BCUT2D eigenvalue weighted by molar-refractivity contribution is 0.260. The van der Waals surface area contributed by atoms with Gasteiger partial charge in [0.1, 0.15) is 5.82 Å². The predicted octanol–water partition coefficient (Wildman–Crippen LogP) is 2.80. The van der Waals surface area contributed by atoms with E-state index >= 15 is 0 Å². The average molecular weight is 267 g/mol. The van der Waals surface area contributed by atoms with Gasteiger partial charge in [0.25, 0.3) is 0 Å². The Bertz CT molecular complexity index is 624. The number of hydrogen-bond donors (Lipinski definition) is 1. The van der Waals surface area contributed by atoms with Crippen molar-refractivity contribution in [2.24, 2.45) is 17.6 Å². The van der Waals surface area contributed by atoms with Crippen LogP contribution in [0.15, 0.2) is 36.4 Å². The van der Waals surface area contributed by atoms with Crippen LogP contribution in [0.2, 0.25) is 0 Å². The predicted molar refractivity (Wildman–Crippen MR) is 82.8 cm³/mol. The van der Waals surface area contributed by atoms with Crippen molar-refractivity contribution in [1.29, 1.82) is 0 Å². The Hall–Kier alpha value is -1.61. The fraction of sp³-hybridized carbons (Fsp3) is 0.471. The largest absolute Gasteiger partial charge is 0.356 e. The maximum Gasteiger partial charge on any atom is 0.129 e. The number of nitrogens with two attached hydrogens (primary N) is 1. The normalized spacial score (nSPS) is 29.6. The summed E-state index contributed by atoms with van der Waals surface area (Å²) in [6, 6.07) is 13.1. The second-order valence-electron chi connectivity index (χ2n) is 6.29. The minimum absolute atomic E-state index is 0.388. The van der Waals surface area contributed by atoms with E-state index in [-0.39, 0.29) is 0 Å². The van der Waals surface area contributed by atoms with Crippen LogP contribution in [0.3, 0.4) is 0 Å². The molecule has 3 heteroatoms. The topological polar surface area (TPSA) is 42.1 Å². The van der Waals surface area contributed by atoms with Crippen molar-refractivity contribution in [3.05, 3.63) is 36.4 Å². The van der Waals surface area contributed by atoms with Crippen molar-refractivity contribution in [3.8, 4) is 0 Å². The van der Waals surface area contributed by atoms with Crippen molar-refractivity contribution in [1.82, 2.24) is 4.98 Å². The van der Waals surface area contributed by atoms with E-state index < -0.39 is 0 Å². The molecular formula is C17H21N3. The van der Waals surface area contributed by atoms with Gasteiger partial charge >= 0.3 is 0 Å². The summed E-state index contributed by atoms with van der Waals surface area (Å²) in [6.45, 7) is 2.21. The van der Waals surface area contributed by atoms with E-state index in [1.165, 1.54) is 24.6 Å². The molecule has 1 saturated heterocycles. The van der Waals surface area contributed by atoms with Crippen LogP contribution in [0.1, 0.15) is 19.3 Å². The number of para-hydroxylation sites is 1. The third-order valence-corrected chi connectivity index (χ3v) is 5.06. The van der Waals surface area contributed by atoms with Crippen LogP contribution >= 0.6 is 0 Å². The van der Waals surface area contributed by atoms with Crippen LogP contribution in [0, 0.1) is 11.8 Å². The molecule has 3 unspecified atom stereocenters. The van der Waals surface area contributed by atoms with Crippen molar-refractivity contribution in [2.45, 2.75) is 25.3 Å². The van der Waals surface area contributed by atoms with Gasteiger partial charge in [0.15, 0.2) is 0 Å². The molecule has 2 aromatic rings. The van der Waals surface area contributed by atoms with Crippen molar-refractivity contribution >= 4 is 16.7 Å². The molecule has 3 nitrogen and oxygen atoms in total. The van der Waals surface area contributed by atoms with Gasteiger partial charge in [-0.1, -0.05) is 24.6 Å². The van der Waals surface area contributed by atoms with E-state index in [0.29, 0.717) is 12.0 Å². The van der Waals surface area contributed by atoms with E-state index in [1.807, 2.05) is 0 Å². The summed E-state index contributed by atoms with van der Waals surface area (Å²) in [5.41, 5.74) is 7.39. The summed E-state index contributed by atoms with van der Waals surface area (Å²) in [4.78, 5) is 7.26. The monoisotopic (exact) mass is 267 g/mol. The number of pyridine rings is 1. The first kappa shape index (κ1) is 12.2. The summed E-state index contributed by atoms with van der Waals surface area (Å²) >= 11 is 0. The van der Waals surface area contributed by atoms with Crippen LogP contribution in [-0.2, 0) is 0 Å². The molecule has 1 aliphatic carbocycles. The SMILES string of the molecule is NC1CCCC2CN(c3ccc4ccccc4n3)CC12. The number of nitrogens with zero attached hydrogens (tertiary/aromatic N) is 2. The van der Waals surface area contributed by atoms with Crippen molar-refractivity contribution in [2.75, 3.05) is 18.0 Å². The van der Waals surface area contributed by atoms with Crippen LogP contribution in [0.5, 0.6) is 0 Å². The first-order valence-electron chi connectivity index (χ1n) is 7.67. The molecule has 1 saturated carbocycles. The summed E-state index contributed by atoms with van der Waals surface area (Å²) in [5, 5.41) is 1.21. The molecule has 2 aliphatic rings. The third-order valence-electron chi connectivity index (χ3n) is 5.06. The minimum Gasteiger partial charge on any atom is -0.356 e. The van der Waals surface area contributed by atoms with E-state index in [2.05, 4.69) is 41.3 Å². The Balaban J connectivity index is 1.63. The Morgan fingerprint density at radius 1 is 1.05 bits per heavy atom. The number of benzene rings is 1. The molecular weight excluding hydrogens is 246 g/mol. The molecule has 0 spiro atoms. The fourth-order valence-electron chi connectivity index (χ4n) is 3.94. The summed E-state index contributed by atoms with van der Waals surface area (Å²) in [5.74, 6) is 2.55. The highest BCUT2D eigenvalue weighted by Crippen LogP contribution is 2.37. The zero-order valence-electron chi connectivity index (χ0n) is 11.7. The molecule has 1 aliphatic heterocycles. The van der Waals surface area contributed by atoms with Gasteiger partial charge in [0.2, 0.25) is 0 Å². The molecule has 104 valence electrons. The number of anilines is 1. The fourth-order valence-corrected chi connectivity index (χ4v) is 3.94. The maximum atomic E-state index is 6.30. The maximum absolute atomic E-state index is 6.30. The zero-order chi connectivity index (χ0) is 13.5. The highest BCUT2D eigenvalue weighted by Gasteiger charge is 2.39. The molecule has 20 heavy (non-hydrogen) atoms. The molecule has 4 rings (SSSR count).